The number of ether oxygens (including phenoxy) is 3. The molecule has 1 atom stereocenters. The first kappa shape index (κ1) is 53.7. The number of unbranched alkanes of at least 4 members (excludes halogenated alkanes) is 23. The molecule has 1 fully saturated rings. The minimum Gasteiger partial charge on any atom is -0.466 e. The van der Waals surface area contributed by atoms with Gasteiger partial charge in [0.15, 0.2) is 0 Å². The summed E-state index contributed by atoms with van der Waals surface area (Å²) in [6.07, 6.45) is 35.8. The van der Waals surface area contributed by atoms with Crippen LogP contribution in [-0.2, 0) is 28.6 Å². The lowest BCUT2D eigenvalue weighted by Crippen LogP contribution is -2.38. The maximum atomic E-state index is 13.7. The molecule has 0 aromatic heterocycles. The van der Waals surface area contributed by atoms with E-state index in [-0.39, 0.29) is 30.4 Å². The van der Waals surface area contributed by atoms with Crippen LogP contribution in [0.2, 0.25) is 0 Å². The molecule has 0 aromatic rings. The summed E-state index contributed by atoms with van der Waals surface area (Å²) in [7, 11) is 0. The molecule has 1 heterocycles. The summed E-state index contributed by atoms with van der Waals surface area (Å²) in [4.78, 5) is 41.7. The van der Waals surface area contributed by atoms with Gasteiger partial charge in [-0.15, -0.1) is 0 Å². The Morgan fingerprint density at radius 3 is 1.61 bits per heavy atom. The number of morpholine rings is 1. The number of esters is 2. The van der Waals surface area contributed by atoms with Crippen LogP contribution >= 0.6 is 11.8 Å². The number of nitrogens with one attached hydrogen (secondary N) is 1. The second-order valence-electron chi connectivity index (χ2n) is 16.9. The Hall–Kier alpha value is -1.32. The topological polar surface area (TPSA) is 94.2 Å². The lowest BCUT2D eigenvalue weighted by Gasteiger charge is -2.26. The highest BCUT2D eigenvalue weighted by Crippen LogP contribution is 2.22. The first-order chi connectivity index (χ1) is 28.0. The minimum absolute atomic E-state index is 0.0937. The Morgan fingerprint density at radius 1 is 0.632 bits per heavy atom. The monoisotopic (exact) mass is 825 g/mol. The number of hydrogen-bond acceptors (Lipinski definition) is 8. The van der Waals surface area contributed by atoms with E-state index in [9.17, 15) is 14.4 Å². The van der Waals surface area contributed by atoms with Crippen molar-refractivity contribution < 1.29 is 28.6 Å². The van der Waals surface area contributed by atoms with Crippen molar-refractivity contribution in [3.63, 3.8) is 0 Å². The first-order valence-corrected chi connectivity index (χ1v) is 25.7. The van der Waals surface area contributed by atoms with Crippen molar-refractivity contribution in [3.05, 3.63) is 0 Å². The zero-order chi connectivity index (χ0) is 41.3. The highest BCUT2D eigenvalue weighted by molar-refractivity contribution is 7.99. The molecular weight excluding hydrogens is 733 g/mol. The molecular formula is C48H92N2O6S. The summed E-state index contributed by atoms with van der Waals surface area (Å²) in [5.74, 6) is -0.0254. The number of thioether (sulfide) groups is 1. The van der Waals surface area contributed by atoms with Gasteiger partial charge in [0.25, 0.3) is 0 Å². The number of amides is 1. The standard InChI is InChI=1S/C48H92N2O6S/c1-4-7-10-13-16-17-18-19-20-21-22-23-26-29-38-55-47(52)33-41-57-43-44(42-46(51)49-34-30-35-50-36-39-54-40-37-50)48(53)56-45(31-27-24-14-11-8-5-2)32-28-25-15-12-9-6-3/h44-45H,4-43H2,1-3H3,(H,49,51). The van der Waals surface area contributed by atoms with E-state index in [1.54, 1.807) is 11.8 Å². The number of rotatable bonds is 42. The number of carbonyl (C=O) groups is 3. The van der Waals surface area contributed by atoms with E-state index in [4.69, 9.17) is 14.2 Å². The van der Waals surface area contributed by atoms with Gasteiger partial charge in [0.05, 0.1) is 32.2 Å². The van der Waals surface area contributed by atoms with E-state index in [0.717, 1.165) is 77.8 Å². The van der Waals surface area contributed by atoms with Crippen LogP contribution in [0.15, 0.2) is 0 Å². The van der Waals surface area contributed by atoms with Crippen LogP contribution in [0.25, 0.3) is 0 Å². The average Bonchev–Trinajstić information content (AvgIpc) is 3.21. The molecule has 1 aliphatic heterocycles. The van der Waals surface area contributed by atoms with Crippen molar-refractivity contribution in [1.29, 1.82) is 0 Å². The predicted molar refractivity (Wildman–Crippen MR) is 242 cm³/mol. The van der Waals surface area contributed by atoms with Gasteiger partial charge in [-0.2, -0.15) is 11.8 Å². The number of hydrogen-bond donors (Lipinski definition) is 1. The van der Waals surface area contributed by atoms with Crippen molar-refractivity contribution in [2.45, 2.75) is 226 Å². The quantitative estimate of drug-likeness (QED) is 0.0480. The Balaban J connectivity index is 2.48. The Morgan fingerprint density at radius 2 is 1.11 bits per heavy atom. The van der Waals surface area contributed by atoms with E-state index in [1.807, 2.05) is 0 Å². The van der Waals surface area contributed by atoms with Crippen molar-refractivity contribution in [1.82, 2.24) is 10.2 Å². The van der Waals surface area contributed by atoms with Crippen molar-refractivity contribution >= 4 is 29.6 Å². The highest BCUT2D eigenvalue weighted by Gasteiger charge is 2.26. The first-order valence-electron chi connectivity index (χ1n) is 24.5. The third-order valence-corrected chi connectivity index (χ3v) is 12.5. The zero-order valence-electron chi connectivity index (χ0n) is 37.7. The van der Waals surface area contributed by atoms with Crippen LogP contribution in [0.3, 0.4) is 0 Å². The van der Waals surface area contributed by atoms with E-state index in [2.05, 4.69) is 31.0 Å². The fourth-order valence-electron chi connectivity index (χ4n) is 7.62. The molecule has 1 amide bonds. The SMILES string of the molecule is CCCCCCCCCCCCCCCCOC(=O)CCSCC(CC(=O)NCCCN1CCOCC1)C(=O)OC(CCCCCCCC)CCCCCCCC. The van der Waals surface area contributed by atoms with Crippen LogP contribution in [0.5, 0.6) is 0 Å². The molecule has 57 heavy (non-hydrogen) atoms. The summed E-state index contributed by atoms with van der Waals surface area (Å²) in [6.45, 7) is 12.2. The second kappa shape index (κ2) is 41.4. The molecule has 8 nitrogen and oxygen atoms in total. The third kappa shape index (κ3) is 35.2. The van der Waals surface area contributed by atoms with Gasteiger partial charge in [0.1, 0.15) is 6.10 Å². The summed E-state index contributed by atoms with van der Waals surface area (Å²) in [5.41, 5.74) is 0. The summed E-state index contributed by atoms with van der Waals surface area (Å²) < 4.78 is 17.2. The van der Waals surface area contributed by atoms with Crippen LogP contribution in [0, 0.1) is 5.92 Å². The fourth-order valence-corrected chi connectivity index (χ4v) is 8.64. The molecule has 0 spiro atoms. The Kier molecular flexibility index (Phi) is 39.0. The normalized spacial score (nSPS) is 13.9. The molecule has 0 saturated carbocycles. The number of carbonyl (C=O) groups excluding carboxylic acids is 3. The molecule has 1 saturated heterocycles. The maximum absolute atomic E-state index is 13.7. The van der Waals surface area contributed by atoms with Crippen LogP contribution in [-0.4, -0.2) is 86.4 Å². The highest BCUT2D eigenvalue weighted by atomic mass is 32.2. The molecule has 9 heteroatoms. The molecule has 1 unspecified atom stereocenters. The lowest BCUT2D eigenvalue weighted by atomic mass is 10.0. The molecule has 0 radical (unpaired) electrons. The maximum Gasteiger partial charge on any atom is 0.310 e. The molecule has 1 rings (SSSR count). The lowest BCUT2D eigenvalue weighted by molar-refractivity contribution is -0.155. The Bertz CT molecular complexity index is 901. The van der Waals surface area contributed by atoms with Gasteiger partial charge in [0.2, 0.25) is 5.91 Å². The fraction of sp³-hybridized carbons (Fsp3) is 0.938. The molecule has 1 N–H and O–H groups in total. The van der Waals surface area contributed by atoms with Crippen molar-refractivity contribution in [2.75, 3.05) is 57.5 Å². The number of nitrogens with zero attached hydrogens (tertiary/aromatic N) is 1. The van der Waals surface area contributed by atoms with Gasteiger partial charge in [-0.3, -0.25) is 19.3 Å². The molecule has 1 aliphatic rings. The van der Waals surface area contributed by atoms with Gasteiger partial charge in [-0.25, -0.2) is 0 Å². The van der Waals surface area contributed by atoms with Gasteiger partial charge in [-0.05, 0) is 45.1 Å². The van der Waals surface area contributed by atoms with Gasteiger partial charge >= 0.3 is 11.9 Å². The molecule has 336 valence electrons. The smallest absolute Gasteiger partial charge is 0.310 e. The van der Waals surface area contributed by atoms with E-state index in [0.29, 0.717) is 31.1 Å². The van der Waals surface area contributed by atoms with Crippen LogP contribution in [0.4, 0.5) is 0 Å². The summed E-state index contributed by atoms with van der Waals surface area (Å²) in [5, 5.41) is 3.06. The predicted octanol–water partition coefficient (Wildman–Crippen LogP) is 12.4. The van der Waals surface area contributed by atoms with Gasteiger partial charge in [0, 0.05) is 37.6 Å². The summed E-state index contributed by atoms with van der Waals surface area (Å²) in [6, 6.07) is 0. The molecule has 0 bridgehead atoms. The van der Waals surface area contributed by atoms with Gasteiger partial charge in [-0.1, -0.05) is 168 Å². The van der Waals surface area contributed by atoms with Gasteiger partial charge < -0.3 is 19.5 Å². The second-order valence-corrected chi connectivity index (χ2v) is 18.0. The average molecular weight is 825 g/mol. The van der Waals surface area contributed by atoms with E-state index < -0.39 is 5.92 Å². The third-order valence-electron chi connectivity index (χ3n) is 11.4. The van der Waals surface area contributed by atoms with Crippen molar-refractivity contribution in [2.24, 2.45) is 5.92 Å². The molecule has 0 aliphatic carbocycles. The van der Waals surface area contributed by atoms with Crippen LogP contribution in [0.1, 0.15) is 220 Å². The van der Waals surface area contributed by atoms with Crippen molar-refractivity contribution in [3.8, 4) is 0 Å². The van der Waals surface area contributed by atoms with E-state index >= 15 is 0 Å². The zero-order valence-corrected chi connectivity index (χ0v) is 38.6. The van der Waals surface area contributed by atoms with Crippen LogP contribution < -0.4 is 5.32 Å². The Labute approximate surface area is 356 Å². The minimum atomic E-state index is -0.530. The largest absolute Gasteiger partial charge is 0.466 e. The molecule has 0 aromatic carbocycles. The summed E-state index contributed by atoms with van der Waals surface area (Å²) >= 11 is 1.56. The van der Waals surface area contributed by atoms with E-state index in [1.165, 1.54) is 141 Å².